The summed E-state index contributed by atoms with van der Waals surface area (Å²) in [6.07, 6.45) is 0. The Bertz CT molecular complexity index is 1060. The molecule has 2 atom stereocenters. The van der Waals surface area contributed by atoms with E-state index in [1.54, 1.807) is 12.1 Å². The molecule has 0 aliphatic carbocycles. The van der Waals surface area contributed by atoms with E-state index in [1.165, 1.54) is 11.8 Å². The molecule has 1 N–H and O–H groups in total. The molecule has 2 aromatic rings. The van der Waals surface area contributed by atoms with Crippen molar-refractivity contribution in [3.63, 3.8) is 0 Å². The van der Waals surface area contributed by atoms with Gasteiger partial charge in [0.05, 0.1) is 29.3 Å². The van der Waals surface area contributed by atoms with Crippen molar-refractivity contribution in [1.82, 2.24) is 0 Å². The quantitative estimate of drug-likeness (QED) is 0.671. The smallest absolute Gasteiger partial charge is 0.234 e. The van der Waals surface area contributed by atoms with E-state index in [4.69, 9.17) is 11.6 Å². The molecule has 0 spiro atoms. The van der Waals surface area contributed by atoms with Crippen molar-refractivity contribution in [2.75, 3.05) is 27.5 Å². The third-order valence-corrected chi connectivity index (χ3v) is 8.12. The molecule has 2 aliphatic rings. The highest BCUT2D eigenvalue weighted by atomic mass is 79.9. The van der Waals surface area contributed by atoms with E-state index < -0.39 is 9.84 Å². The molecule has 2 aliphatic heterocycles. The van der Waals surface area contributed by atoms with Gasteiger partial charge >= 0.3 is 0 Å². The first-order valence-corrected chi connectivity index (χ1v) is 12.8. The van der Waals surface area contributed by atoms with Crippen LogP contribution in [0.2, 0.25) is 5.02 Å². The zero-order valence-corrected chi connectivity index (χ0v) is 19.1. The summed E-state index contributed by atoms with van der Waals surface area (Å²) < 4.78 is 25.1. The maximum Gasteiger partial charge on any atom is 0.234 e. The SMILES string of the molecule is O=C(CSC1=N[C@H]2CS(=O)(=O)C[C@H]2N1c1ccc(Cl)cc1)Nc1ccc(Br)cc1. The van der Waals surface area contributed by atoms with E-state index in [1.807, 2.05) is 41.3 Å². The van der Waals surface area contributed by atoms with Crippen LogP contribution in [0.3, 0.4) is 0 Å². The number of amidine groups is 1. The number of nitrogens with one attached hydrogen (secondary N) is 1. The maximum atomic E-state index is 12.4. The second-order valence-corrected chi connectivity index (χ2v) is 11.3. The first kappa shape index (κ1) is 20.7. The Morgan fingerprint density at radius 1 is 1.17 bits per heavy atom. The molecule has 0 bridgehead atoms. The van der Waals surface area contributed by atoms with Crippen molar-refractivity contribution >= 4 is 71.6 Å². The number of thioether (sulfide) groups is 1. The topological polar surface area (TPSA) is 78.8 Å². The zero-order chi connectivity index (χ0) is 20.6. The summed E-state index contributed by atoms with van der Waals surface area (Å²) in [7, 11) is -3.12. The average molecular weight is 515 g/mol. The minimum Gasteiger partial charge on any atom is -0.325 e. The summed E-state index contributed by atoms with van der Waals surface area (Å²) in [6.45, 7) is 0. The number of carbonyl (C=O) groups is 1. The van der Waals surface area contributed by atoms with Crippen LogP contribution in [-0.2, 0) is 14.6 Å². The molecule has 10 heteroatoms. The molecule has 29 heavy (non-hydrogen) atoms. The summed E-state index contributed by atoms with van der Waals surface area (Å²) in [6, 6.07) is 14.0. The third-order valence-electron chi connectivity index (χ3n) is 4.67. The van der Waals surface area contributed by atoms with Crippen LogP contribution in [0.15, 0.2) is 58.0 Å². The van der Waals surface area contributed by atoms with Crippen molar-refractivity contribution in [2.45, 2.75) is 12.1 Å². The maximum absolute atomic E-state index is 12.4. The van der Waals surface area contributed by atoms with E-state index in [9.17, 15) is 13.2 Å². The monoisotopic (exact) mass is 513 g/mol. The van der Waals surface area contributed by atoms with Crippen molar-refractivity contribution in [1.29, 1.82) is 0 Å². The van der Waals surface area contributed by atoms with Crippen LogP contribution in [-0.4, -0.2) is 48.8 Å². The van der Waals surface area contributed by atoms with Gasteiger partial charge in [-0.3, -0.25) is 9.79 Å². The van der Waals surface area contributed by atoms with Crippen molar-refractivity contribution < 1.29 is 13.2 Å². The van der Waals surface area contributed by atoms with Gasteiger partial charge in [0.15, 0.2) is 15.0 Å². The van der Waals surface area contributed by atoms with Crippen molar-refractivity contribution in [3.05, 3.63) is 58.0 Å². The van der Waals surface area contributed by atoms with E-state index in [2.05, 4.69) is 26.2 Å². The Labute approximate surface area is 186 Å². The second kappa shape index (κ2) is 8.29. The summed E-state index contributed by atoms with van der Waals surface area (Å²) in [4.78, 5) is 18.9. The van der Waals surface area contributed by atoms with Crippen molar-refractivity contribution in [3.8, 4) is 0 Å². The normalized spacial score (nSPS) is 22.3. The van der Waals surface area contributed by atoms with Gasteiger partial charge in [0, 0.05) is 20.9 Å². The van der Waals surface area contributed by atoms with E-state index in [0.29, 0.717) is 15.9 Å². The van der Waals surface area contributed by atoms with Gasteiger partial charge in [-0.1, -0.05) is 39.3 Å². The standard InChI is InChI=1S/C19H17BrClN3O3S2/c20-12-1-5-14(6-2-12)22-18(25)9-28-19-23-16-10-29(26,27)11-17(16)24(19)15-7-3-13(21)4-8-15/h1-8,16-17H,9-11H2,(H,22,25)/t16-,17+/m0/s1. The summed E-state index contributed by atoms with van der Waals surface area (Å²) in [5.41, 5.74) is 1.53. The number of benzene rings is 2. The second-order valence-electron chi connectivity index (χ2n) is 6.81. The molecule has 4 rings (SSSR count). The van der Waals surface area contributed by atoms with E-state index >= 15 is 0 Å². The van der Waals surface area contributed by atoms with Gasteiger partial charge in [-0.25, -0.2) is 8.42 Å². The Morgan fingerprint density at radius 2 is 1.86 bits per heavy atom. The highest BCUT2D eigenvalue weighted by molar-refractivity contribution is 9.10. The highest BCUT2D eigenvalue weighted by Crippen LogP contribution is 2.35. The van der Waals surface area contributed by atoms with Gasteiger partial charge in [0.2, 0.25) is 5.91 Å². The predicted octanol–water partition coefficient (Wildman–Crippen LogP) is 3.82. The zero-order valence-electron chi connectivity index (χ0n) is 15.1. The van der Waals surface area contributed by atoms with Crippen LogP contribution in [0.25, 0.3) is 0 Å². The highest BCUT2D eigenvalue weighted by Gasteiger charge is 2.47. The Balaban J connectivity index is 1.49. The van der Waals surface area contributed by atoms with Crippen LogP contribution in [0.5, 0.6) is 0 Å². The molecular formula is C19H17BrClN3O3S2. The Hall–Kier alpha value is -1.55. The summed E-state index contributed by atoms with van der Waals surface area (Å²) in [5.74, 6) is 0.113. The summed E-state index contributed by atoms with van der Waals surface area (Å²) in [5, 5.41) is 4.11. The van der Waals surface area contributed by atoms with Crippen LogP contribution in [0.1, 0.15) is 0 Å². The first-order valence-electron chi connectivity index (χ1n) is 8.82. The third kappa shape index (κ3) is 4.79. The fourth-order valence-electron chi connectivity index (χ4n) is 3.40. The number of carbonyl (C=O) groups excluding carboxylic acids is 1. The van der Waals surface area contributed by atoms with Gasteiger partial charge in [0.25, 0.3) is 0 Å². The molecule has 2 aromatic carbocycles. The molecule has 0 saturated carbocycles. The molecule has 1 amide bonds. The minimum atomic E-state index is -3.12. The van der Waals surface area contributed by atoms with Crippen molar-refractivity contribution in [2.24, 2.45) is 4.99 Å². The average Bonchev–Trinajstić information content (AvgIpc) is 3.14. The molecule has 152 valence electrons. The van der Waals surface area contributed by atoms with Crippen LogP contribution < -0.4 is 10.2 Å². The number of hydrogen-bond donors (Lipinski definition) is 1. The lowest BCUT2D eigenvalue weighted by atomic mass is 10.1. The predicted molar refractivity (Wildman–Crippen MR) is 123 cm³/mol. The number of amides is 1. The largest absolute Gasteiger partial charge is 0.325 e. The molecule has 0 aromatic heterocycles. The number of halogens is 2. The molecule has 0 radical (unpaired) electrons. The number of rotatable bonds is 4. The van der Waals surface area contributed by atoms with Gasteiger partial charge in [0.1, 0.15) is 0 Å². The number of hydrogen-bond acceptors (Lipinski definition) is 6. The lowest BCUT2D eigenvalue weighted by Crippen LogP contribution is -2.39. The molecule has 6 nitrogen and oxygen atoms in total. The number of aliphatic imine (C=N–C) groups is 1. The number of nitrogens with zero attached hydrogens (tertiary/aromatic N) is 2. The van der Waals surface area contributed by atoms with Crippen LogP contribution in [0, 0.1) is 0 Å². The number of anilines is 2. The van der Waals surface area contributed by atoms with Gasteiger partial charge in [-0.2, -0.15) is 0 Å². The Morgan fingerprint density at radius 3 is 2.55 bits per heavy atom. The van der Waals surface area contributed by atoms with Crippen LogP contribution in [0.4, 0.5) is 11.4 Å². The van der Waals surface area contributed by atoms with Crippen LogP contribution >= 0.6 is 39.3 Å². The Kier molecular flexibility index (Phi) is 5.92. The molecular weight excluding hydrogens is 498 g/mol. The number of fused-ring (bicyclic) bond motifs is 1. The number of sulfone groups is 1. The fraction of sp³-hybridized carbons (Fsp3) is 0.263. The molecule has 0 unspecified atom stereocenters. The van der Waals surface area contributed by atoms with Gasteiger partial charge in [-0.05, 0) is 48.5 Å². The first-order chi connectivity index (χ1) is 13.8. The minimum absolute atomic E-state index is 0.0386. The summed E-state index contributed by atoms with van der Waals surface area (Å²) >= 11 is 10.7. The van der Waals surface area contributed by atoms with Gasteiger partial charge in [-0.15, -0.1) is 0 Å². The lowest BCUT2D eigenvalue weighted by molar-refractivity contribution is -0.113. The van der Waals surface area contributed by atoms with Gasteiger partial charge < -0.3 is 10.2 Å². The van der Waals surface area contributed by atoms with E-state index in [-0.39, 0.29) is 35.2 Å². The lowest BCUT2D eigenvalue weighted by Gasteiger charge is -2.26. The molecule has 1 saturated heterocycles. The fourth-order valence-corrected chi connectivity index (χ4v) is 6.55. The molecule has 1 fully saturated rings. The molecule has 2 heterocycles. The van der Waals surface area contributed by atoms with E-state index in [0.717, 1.165) is 10.2 Å².